The summed E-state index contributed by atoms with van der Waals surface area (Å²) in [7, 11) is 4.17. The number of fused-ring (bicyclic) bond motifs is 1. The summed E-state index contributed by atoms with van der Waals surface area (Å²) in [5, 5.41) is 1.34. The van der Waals surface area contributed by atoms with Crippen molar-refractivity contribution in [3.8, 4) is 0 Å². The van der Waals surface area contributed by atoms with Gasteiger partial charge in [-0.25, -0.2) is 0 Å². The number of aromatic nitrogens is 1. The summed E-state index contributed by atoms with van der Waals surface area (Å²) in [6, 6.07) is 8.50. The first-order valence-electron chi connectivity index (χ1n) is 5.04. The number of para-hydroxylation sites is 1. The summed E-state index contributed by atoms with van der Waals surface area (Å²) in [6.45, 7) is 0.949. The fraction of sp³-hybridized carbons (Fsp3) is 0.333. The SMILES string of the molecule is CN(CS)Cc1cn(C)c2ccccc12. The molecule has 0 amide bonds. The molecule has 3 heteroatoms. The lowest BCUT2D eigenvalue weighted by Crippen LogP contribution is -2.15. The molecule has 1 heterocycles. The van der Waals surface area contributed by atoms with Gasteiger partial charge in [0.15, 0.2) is 0 Å². The van der Waals surface area contributed by atoms with Crippen molar-refractivity contribution in [1.29, 1.82) is 0 Å². The van der Waals surface area contributed by atoms with Crippen molar-refractivity contribution in [1.82, 2.24) is 9.47 Å². The monoisotopic (exact) mass is 220 g/mol. The van der Waals surface area contributed by atoms with E-state index in [0.717, 1.165) is 12.4 Å². The molecule has 2 nitrogen and oxygen atoms in total. The largest absolute Gasteiger partial charge is 0.350 e. The fourth-order valence-electron chi connectivity index (χ4n) is 1.89. The molecule has 0 aliphatic carbocycles. The topological polar surface area (TPSA) is 8.17 Å². The van der Waals surface area contributed by atoms with Gasteiger partial charge in [-0.3, -0.25) is 4.90 Å². The number of thiol groups is 1. The minimum Gasteiger partial charge on any atom is -0.350 e. The zero-order chi connectivity index (χ0) is 10.8. The summed E-state index contributed by atoms with van der Waals surface area (Å²) < 4.78 is 2.18. The Bertz CT molecular complexity index is 462. The molecule has 80 valence electrons. The Balaban J connectivity index is 2.43. The van der Waals surface area contributed by atoms with Crippen LogP contribution < -0.4 is 0 Å². The zero-order valence-electron chi connectivity index (χ0n) is 9.14. The third-order valence-electron chi connectivity index (χ3n) is 2.66. The Morgan fingerprint density at radius 2 is 2.07 bits per heavy atom. The Labute approximate surface area is 95.9 Å². The average molecular weight is 220 g/mol. The Morgan fingerprint density at radius 1 is 1.33 bits per heavy atom. The van der Waals surface area contributed by atoms with Crippen molar-refractivity contribution in [2.45, 2.75) is 6.54 Å². The molecular formula is C12H16N2S. The van der Waals surface area contributed by atoms with Gasteiger partial charge < -0.3 is 4.57 Å². The molecule has 2 rings (SSSR count). The smallest absolute Gasteiger partial charge is 0.0481 e. The van der Waals surface area contributed by atoms with Crippen LogP contribution in [0.3, 0.4) is 0 Å². The van der Waals surface area contributed by atoms with Crippen molar-refractivity contribution in [2.24, 2.45) is 7.05 Å². The summed E-state index contributed by atoms with van der Waals surface area (Å²) >= 11 is 4.27. The van der Waals surface area contributed by atoms with Crippen molar-refractivity contribution in [3.63, 3.8) is 0 Å². The van der Waals surface area contributed by atoms with Gasteiger partial charge in [0.25, 0.3) is 0 Å². The molecule has 0 N–H and O–H groups in total. The molecule has 0 saturated carbocycles. The van der Waals surface area contributed by atoms with Crippen LogP contribution in [0.25, 0.3) is 10.9 Å². The molecule has 0 atom stereocenters. The van der Waals surface area contributed by atoms with Crippen LogP contribution in [0.15, 0.2) is 30.5 Å². The molecule has 2 aromatic rings. The van der Waals surface area contributed by atoms with Crippen LogP contribution in [0.2, 0.25) is 0 Å². The maximum atomic E-state index is 4.27. The van der Waals surface area contributed by atoms with Crippen molar-refractivity contribution in [3.05, 3.63) is 36.0 Å². The van der Waals surface area contributed by atoms with Crippen LogP contribution in [0.5, 0.6) is 0 Å². The van der Waals surface area contributed by atoms with Gasteiger partial charge in [0.1, 0.15) is 0 Å². The molecule has 15 heavy (non-hydrogen) atoms. The number of rotatable bonds is 3. The van der Waals surface area contributed by atoms with Crippen LogP contribution in [-0.4, -0.2) is 22.4 Å². The second-order valence-corrected chi connectivity index (χ2v) is 4.22. The molecule has 0 saturated heterocycles. The van der Waals surface area contributed by atoms with Gasteiger partial charge in [0.2, 0.25) is 0 Å². The third kappa shape index (κ3) is 2.03. The summed E-state index contributed by atoms with van der Waals surface area (Å²) in [4.78, 5) is 2.19. The lowest BCUT2D eigenvalue weighted by Gasteiger charge is -2.11. The second-order valence-electron chi connectivity index (χ2n) is 3.94. The van der Waals surface area contributed by atoms with E-state index >= 15 is 0 Å². The van der Waals surface area contributed by atoms with Gasteiger partial charge in [-0.15, -0.1) is 0 Å². The maximum absolute atomic E-state index is 4.27. The molecule has 0 aliphatic heterocycles. The molecule has 0 spiro atoms. The Kier molecular flexibility index (Phi) is 3.03. The van der Waals surface area contributed by atoms with Gasteiger partial charge in [0.05, 0.1) is 0 Å². The third-order valence-corrected chi connectivity index (χ3v) is 3.14. The molecule has 1 aromatic carbocycles. The van der Waals surface area contributed by atoms with Crippen molar-refractivity contribution < 1.29 is 0 Å². The number of aryl methyl sites for hydroxylation is 1. The summed E-state index contributed by atoms with van der Waals surface area (Å²) in [6.07, 6.45) is 2.20. The van der Waals surface area contributed by atoms with E-state index in [-0.39, 0.29) is 0 Å². The van der Waals surface area contributed by atoms with Crippen LogP contribution in [0, 0.1) is 0 Å². The lowest BCUT2D eigenvalue weighted by molar-refractivity contribution is 0.389. The van der Waals surface area contributed by atoms with E-state index in [1.807, 2.05) is 0 Å². The van der Waals surface area contributed by atoms with Crippen molar-refractivity contribution >= 4 is 23.5 Å². The predicted octanol–water partition coefficient (Wildman–Crippen LogP) is 2.50. The first-order chi connectivity index (χ1) is 7.22. The minimum atomic E-state index is 0.781. The Morgan fingerprint density at radius 3 is 2.80 bits per heavy atom. The summed E-state index contributed by atoms with van der Waals surface area (Å²) in [5.74, 6) is 0.781. The standard InChI is InChI=1S/C12H16N2S/c1-13(9-15)7-10-8-14(2)12-6-4-3-5-11(10)12/h3-6,8,15H,7,9H2,1-2H3. The maximum Gasteiger partial charge on any atom is 0.0481 e. The molecule has 0 radical (unpaired) electrons. The van der Waals surface area contributed by atoms with E-state index in [9.17, 15) is 0 Å². The highest BCUT2D eigenvalue weighted by molar-refractivity contribution is 7.80. The van der Waals surface area contributed by atoms with E-state index in [1.54, 1.807) is 0 Å². The summed E-state index contributed by atoms with van der Waals surface area (Å²) in [5.41, 5.74) is 2.66. The molecule has 1 aromatic heterocycles. The van der Waals surface area contributed by atoms with E-state index < -0.39 is 0 Å². The zero-order valence-corrected chi connectivity index (χ0v) is 10.0. The van der Waals surface area contributed by atoms with Gasteiger partial charge in [-0.1, -0.05) is 18.2 Å². The van der Waals surface area contributed by atoms with Crippen molar-refractivity contribution in [2.75, 3.05) is 12.9 Å². The number of hydrogen-bond donors (Lipinski definition) is 1. The average Bonchev–Trinajstić information content (AvgIpc) is 2.57. The van der Waals surface area contributed by atoms with Gasteiger partial charge in [-0.2, -0.15) is 12.6 Å². The first-order valence-corrected chi connectivity index (χ1v) is 5.68. The van der Waals surface area contributed by atoms with E-state index in [0.29, 0.717) is 0 Å². The highest BCUT2D eigenvalue weighted by atomic mass is 32.1. The number of benzene rings is 1. The second kappa shape index (κ2) is 4.29. The van der Waals surface area contributed by atoms with E-state index in [1.165, 1.54) is 16.5 Å². The normalized spacial score (nSPS) is 11.5. The van der Waals surface area contributed by atoms with Crippen LogP contribution in [0.4, 0.5) is 0 Å². The quantitative estimate of drug-likeness (QED) is 0.617. The molecule has 0 fully saturated rings. The first kappa shape index (κ1) is 10.6. The van der Waals surface area contributed by atoms with E-state index in [2.05, 4.69) is 66.7 Å². The molecule has 0 bridgehead atoms. The van der Waals surface area contributed by atoms with Gasteiger partial charge in [-0.05, 0) is 18.7 Å². The van der Waals surface area contributed by atoms with Gasteiger partial charge in [0, 0.05) is 36.6 Å². The van der Waals surface area contributed by atoms with Crippen LogP contribution >= 0.6 is 12.6 Å². The number of hydrogen-bond acceptors (Lipinski definition) is 2. The van der Waals surface area contributed by atoms with Gasteiger partial charge >= 0.3 is 0 Å². The number of nitrogens with zero attached hydrogens (tertiary/aromatic N) is 2. The highest BCUT2D eigenvalue weighted by Gasteiger charge is 2.06. The van der Waals surface area contributed by atoms with E-state index in [4.69, 9.17) is 0 Å². The van der Waals surface area contributed by atoms with Crippen LogP contribution in [0.1, 0.15) is 5.56 Å². The predicted molar refractivity (Wildman–Crippen MR) is 68.2 cm³/mol. The minimum absolute atomic E-state index is 0.781. The lowest BCUT2D eigenvalue weighted by atomic mass is 10.2. The Hall–Kier alpha value is -0.930. The molecular weight excluding hydrogens is 204 g/mol. The fourth-order valence-corrected chi connectivity index (χ4v) is 1.99. The highest BCUT2D eigenvalue weighted by Crippen LogP contribution is 2.21. The molecule has 0 aliphatic rings. The molecule has 0 unspecified atom stereocenters. The van der Waals surface area contributed by atoms with Crippen LogP contribution in [-0.2, 0) is 13.6 Å².